The molecule has 158 valence electrons. The summed E-state index contributed by atoms with van der Waals surface area (Å²) in [6.07, 6.45) is 5.83. The van der Waals surface area contributed by atoms with E-state index in [0.29, 0.717) is 0 Å². The molecule has 0 aliphatic heterocycles. The third-order valence-corrected chi connectivity index (χ3v) is 6.92. The predicted octanol–water partition coefficient (Wildman–Crippen LogP) is 3.10. The van der Waals surface area contributed by atoms with Crippen molar-refractivity contribution in [2.24, 2.45) is 0 Å². The van der Waals surface area contributed by atoms with Crippen molar-refractivity contribution in [2.75, 3.05) is 12.4 Å². The van der Waals surface area contributed by atoms with E-state index in [0.717, 1.165) is 55.3 Å². The summed E-state index contributed by atoms with van der Waals surface area (Å²) in [7, 11) is -2.78. The van der Waals surface area contributed by atoms with Crippen molar-refractivity contribution in [1.29, 1.82) is 0 Å². The van der Waals surface area contributed by atoms with Gasteiger partial charge in [-0.15, -0.1) is 0 Å². The summed E-state index contributed by atoms with van der Waals surface area (Å²) < 4.78 is 32.0. The molecule has 2 aromatic carbocycles. The lowest BCUT2D eigenvalue weighted by Gasteiger charge is -2.17. The molecule has 4 rings (SSSR count). The molecule has 30 heavy (non-hydrogen) atoms. The Morgan fingerprint density at radius 1 is 1.00 bits per heavy atom. The smallest absolute Gasteiger partial charge is 0.338 e. The summed E-state index contributed by atoms with van der Waals surface area (Å²) in [6, 6.07) is 7.74. The molecule has 0 fully saturated rings. The monoisotopic (exact) mass is 428 g/mol. The Hall–Kier alpha value is -2.87. The highest BCUT2D eigenvalue weighted by atomic mass is 32.2. The lowest BCUT2D eigenvalue weighted by Crippen LogP contribution is -2.36. The molecule has 0 spiro atoms. The highest BCUT2D eigenvalue weighted by Crippen LogP contribution is 2.38. The molecule has 7 nitrogen and oxygen atoms in total. The Morgan fingerprint density at radius 3 is 2.27 bits per heavy atom. The molecule has 0 saturated carbocycles. The first kappa shape index (κ1) is 20.4. The van der Waals surface area contributed by atoms with Crippen molar-refractivity contribution in [3.63, 3.8) is 0 Å². The number of hydrogen-bond acceptors (Lipinski definition) is 5. The van der Waals surface area contributed by atoms with Crippen LogP contribution in [0.2, 0.25) is 0 Å². The number of anilines is 1. The number of hydrogen-bond donors (Lipinski definition) is 2. The standard InChI is InChI=1S/C22H24N2O5S/c1-29-21(25)19-9-3-2-6-16(19)13-30(27,28)24-22(26)23-20-17-10-4-7-14(17)12-15-8-5-11-18(15)20/h2-3,6,9,12H,4-5,7-8,10-11,13H2,1H3,(H2,23,24,26). The number of amides is 2. The fourth-order valence-electron chi connectivity index (χ4n) is 4.44. The number of rotatable bonds is 5. The second-order valence-electron chi connectivity index (χ2n) is 7.70. The summed E-state index contributed by atoms with van der Waals surface area (Å²) in [5, 5.41) is 2.81. The Kier molecular flexibility index (Phi) is 5.51. The van der Waals surface area contributed by atoms with Gasteiger partial charge in [0, 0.05) is 5.69 Å². The number of ether oxygens (including phenoxy) is 1. The zero-order valence-corrected chi connectivity index (χ0v) is 17.6. The summed E-state index contributed by atoms with van der Waals surface area (Å²) >= 11 is 0. The largest absolute Gasteiger partial charge is 0.465 e. The molecule has 2 aliphatic carbocycles. The van der Waals surface area contributed by atoms with Gasteiger partial charge in [0.25, 0.3) is 0 Å². The van der Waals surface area contributed by atoms with Crippen molar-refractivity contribution in [3.05, 3.63) is 63.7 Å². The lowest BCUT2D eigenvalue weighted by atomic mass is 9.99. The van der Waals surface area contributed by atoms with Crippen LogP contribution in [0.5, 0.6) is 0 Å². The molecular formula is C22H24N2O5S. The molecular weight excluding hydrogens is 404 g/mol. The quantitative estimate of drug-likeness (QED) is 0.713. The molecule has 2 aromatic rings. The highest BCUT2D eigenvalue weighted by molar-refractivity contribution is 7.89. The first-order valence-corrected chi connectivity index (χ1v) is 11.7. The van der Waals surface area contributed by atoms with Gasteiger partial charge in [0.05, 0.1) is 18.4 Å². The van der Waals surface area contributed by atoms with Crippen LogP contribution in [-0.4, -0.2) is 27.5 Å². The van der Waals surface area contributed by atoms with E-state index in [1.807, 2.05) is 0 Å². The van der Waals surface area contributed by atoms with Crippen LogP contribution in [0.15, 0.2) is 30.3 Å². The maximum absolute atomic E-state index is 12.6. The van der Waals surface area contributed by atoms with E-state index >= 15 is 0 Å². The molecule has 0 saturated heterocycles. The Bertz CT molecular complexity index is 1090. The van der Waals surface area contributed by atoms with Gasteiger partial charge >= 0.3 is 12.0 Å². The minimum Gasteiger partial charge on any atom is -0.465 e. The number of carbonyl (C=O) groups excluding carboxylic acids is 2. The first-order chi connectivity index (χ1) is 14.4. The molecule has 0 unspecified atom stereocenters. The van der Waals surface area contributed by atoms with Crippen LogP contribution in [0.1, 0.15) is 51.0 Å². The van der Waals surface area contributed by atoms with Crippen molar-refractivity contribution in [1.82, 2.24) is 4.72 Å². The van der Waals surface area contributed by atoms with Crippen LogP contribution in [0.4, 0.5) is 10.5 Å². The van der Waals surface area contributed by atoms with E-state index in [2.05, 4.69) is 16.1 Å². The number of esters is 1. The van der Waals surface area contributed by atoms with Crippen molar-refractivity contribution in [3.8, 4) is 0 Å². The number of carbonyl (C=O) groups is 2. The van der Waals surface area contributed by atoms with E-state index in [4.69, 9.17) is 4.74 Å². The Balaban J connectivity index is 1.53. The summed E-state index contributed by atoms with van der Waals surface area (Å²) in [5.74, 6) is -1.13. The van der Waals surface area contributed by atoms with Crippen LogP contribution in [-0.2, 0) is 46.2 Å². The lowest BCUT2D eigenvalue weighted by molar-refractivity contribution is 0.0600. The molecule has 0 bridgehead atoms. The summed E-state index contributed by atoms with van der Waals surface area (Å²) in [4.78, 5) is 24.5. The van der Waals surface area contributed by atoms with Gasteiger partial charge in [-0.05, 0) is 72.4 Å². The average molecular weight is 429 g/mol. The number of benzene rings is 2. The molecule has 0 aromatic heterocycles. The van der Waals surface area contributed by atoms with Gasteiger partial charge in [-0.1, -0.05) is 24.3 Å². The average Bonchev–Trinajstić information content (AvgIpc) is 3.36. The summed E-state index contributed by atoms with van der Waals surface area (Å²) in [5.41, 5.74) is 5.95. The molecule has 0 atom stereocenters. The van der Waals surface area contributed by atoms with E-state index in [1.54, 1.807) is 12.1 Å². The van der Waals surface area contributed by atoms with Crippen LogP contribution in [0.3, 0.4) is 0 Å². The van der Waals surface area contributed by atoms with Crippen LogP contribution in [0.25, 0.3) is 0 Å². The number of sulfonamides is 1. The van der Waals surface area contributed by atoms with E-state index in [-0.39, 0.29) is 11.1 Å². The number of fused-ring (bicyclic) bond motifs is 2. The Labute approximate surface area is 175 Å². The van der Waals surface area contributed by atoms with Gasteiger partial charge in [0.1, 0.15) is 0 Å². The fourth-order valence-corrected chi connectivity index (χ4v) is 5.51. The number of methoxy groups -OCH3 is 1. The van der Waals surface area contributed by atoms with Crippen LogP contribution < -0.4 is 10.0 Å². The summed E-state index contributed by atoms with van der Waals surface area (Å²) in [6.45, 7) is 0. The molecule has 2 amide bonds. The van der Waals surface area contributed by atoms with Gasteiger partial charge in [-0.2, -0.15) is 0 Å². The van der Waals surface area contributed by atoms with Crippen molar-refractivity contribution >= 4 is 27.7 Å². The molecule has 0 heterocycles. The van der Waals surface area contributed by atoms with Gasteiger partial charge in [-0.25, -0.2) is 22.7 Å². The van der Waals surface area contributed by atoms with Gasteiger partial charge in [0.15, 0.2) is 0 Å². The Morgan fingerprint density at radius 2 is 1.63 bits per heavy atom. The first-order valence-electron chi connectivity index (χ1n) is 10.0. The third-order valence-electron chi connectivity index (χ3n) is 5.73. The molecule has 2 N–H and O–H groups in total. The topological polar surface area (TPSA) is 102 Å². The van der Waals surface area contributed by atoms with Crippen molar-refractivity contribution < 1.29 is 22.7 Å². The molecule has 8 heteroatoms. The van der Waals surface area contributed by atoms with Gasteiger partial charge < -0.3 is 10.1 Å². The molecule has 2 aliphatic rings. The normalized spacial score (nSPS) is 14.7. The number of aryl methyl sites for hydroxylation is 2. The van der Waals surface area contributed by atoms with Gasteiger partial charge in [-0.3, -0.25) is 0 Å². The molecule has 0 radical (unpaired) electrons. The van der Waals surface area contributed by atoms with E-state index < -0.39 is 27.8 Å². The minimum absolute atomic E-state index is 0.157. The van der Waals surface area contributed by atoms with Crippen LogP contribution >= 0.6 is 0 Å². The maximum atomic E-state index is 12.6. The predicted molar refractivity (Wildman–Crippen MR) is 113 cm³/mol. The highest BCUT2D eigenvalue weighted by Gasteiger charge is 2.26. The van der Waals surface area contributed by atoms with E-state index in [1.165, 1.54) is 30.4 Å². The fraction of sp³-hybridized carbons (Fsp3) is 0.364. The second-order valence-corrected chi connectivity index (χ2v) is 9.42. The van der Waals surface area contributed by atoms with Gasteiger partial charge in [0.2, 0.25) is 10.0 Å². The zero-order valence-electron chi connectivity index (χ0n) is 16.8. The SMILES string of the molecule is COC(=O)c1ccccc1CS(=O)(=O)NC(=O)Nc1c2c(cc3c1CCC3)CCC2. The maximum Gasteiger partial charge on any atom is 0.338 e. The van der Waals surface area contributed by atoms with Crippen molar-refractivity contribution in [2.45, 2.75) is 44.3 Å². The van der Waals surface area contributed by atoms with Crippen LogP contribution in [0, 0.1) is 0 Å². The zero-order chi connectivity index (χ0) is 21.3. The number of urea groups is 1. The minimum atomic E-state index is -4.02. The number of nitrogens with one attached hydrogen (secondary N) is 2. The van der Waals surface area contributed by atoms with E-state index in [9.17, 15) is 18.0 Å². The third kappa shape index (κ3) is 4.05. The second kappa shape index (κ2) is 8.10.